The summed E-state index contributed by atoms with van der Waals surface area (Å²) in [7, 11) is 0. The zero-order valence-corrected chi connectivity index (χ0v) is 10.1. The van der Waals surface area contributed by atoms with Gasteiger partial charge < -0.3 is 15.8 Å². The van der Waals surface area contributed by atoms with Gasteiger partial charge in [0.2, 0.25) is 0 Å². The van der Waals surface area contributed by atoms with Gasteiger partial charge in [-0.2, -0.15) is 0 Å². The summed E-state index contributed by atoms with van der Waals surface area (Å²) in [5, 5.41) is 10.9. The monoisotopic (exact) mass is 236 g/mol. The van der Waals surface area contributed by atoms with Gasteiger partial charge in [0.15, 0.2) is 0 Å². The molecule has 1 saturated carbocycles. The highest BCUT2D eigenvalue weighted by molar-refractivity contribution is 5.38. The molecule has 1 aromatic heterocycles. The highest BCUT2D eigenvalue weighted by Crippen LogP contribution is 2.19. The van der Waals surface area contributed by atoms with Crippen molar-refractivity contribution in [3.05, 3.63) is 12.1 Å². The molecular weight excluding hydrogens is 216 g/mol. The lowest BCUT2D eigenvalue weighted by atomic mass is 9.98. The number of nitrogens with two attached hydrogens (primary N) is 1. The van der Waals surface area contributed by atoms with E-state index in [9.17, 15) is 0 Å². The van der Waals surface area contributed by atoms with Crippen LogP contribution in [0.4, 0.5) is 11.6 Å². The smallest absolute Gasteiger partial charge is 0.148 e. The number of aromatic nitrogens is 2. The van der Waals surface area contributed by atoms with Crippen LogP contribution in [-0.2, 0) is 4.74 Å². The van der Waals surface area contributed by atoms with Crippen LogP contribution < -0.4 is 11.1 Å². The number of hydrogen-bond acceptors (Lipinski definition) is 5. The normalized spacial score (nSPS) is 16.9. The second-order valence-electron chi connectivity index (χ2n) is 4.40. The number of hydrogen-bond donors (Lipinski definition) is 2. The van der Waals surface area contributed by atoms with Gasteiger partial charge >= 0.3 is 0 Å². The van der Waals surface area contributed by atoms with Crippen molar-refractivity contribution in [3.63, 3.8) is 0 Å². The van der Waals surface area contributed by atoms with Crippen molar-refractivity contribution in [2.24, 2.45) is 0 Å². The maximum absolute atomic E-state index is 5.79. The van der Waals surface area contributed by atoms with Crippen LogP contribution in [0.25, 0.3) is 0 Å². The summed E-state index contributed by atoms with van der Waals surface area (Å²) < 4.78 is 5.79. The largest absolute Gasteiger partial charge is 0.382 e. The molecule has 0 atom stereocenters. The van der Waals surface area contributed by atoms with Crippen molar-refractivity contribution >= 4 is 11.6 Å². The molecule has 1 aromatic rings. The van der Waals surface area contributed by atoms with Crippen LogP contribution in [0.2, 0.25) is 0 Å². The van der Waals surface area contributed by atoms with E-state index < -0.39 is 0 Å². The maximum Gasteiger partial charge on any atom is 0.148 e. The first-order valence-corrected chi connectivity index (χ1v) is 6.29. The maximum atomic E-state index is 5.79. The Balaban J connectivity index is 1.60. The molecule has 2 rings (SSSR count). The first-order valence-electron chi connectivity index (χ1n) is 6.29. The van der Waals surface area contributed by atoms with E-state index in [1.807, 2.05) is 6.07 Å². The van der Waals surface area contributed by atoms with E-state index in [1.165, 1.54) is 32.1 Å². The average molecular weight is 236 g/mol. The Labute approximate surface area is 102 Å². The average Bonchev–Trinajstić information content (AvgIpc) is 2.38. The third-order valence-electron chi connectivity index (χ3n) is 3.00. The van der Waals surface area contributed by atoms with Crippen molar-refractivity contribution in [1.82, 2.24) is 10.2 Å². The molecule has 0 aromatic carbocycles. The predicted molar refractivity (Wildman–Crippen MR) is 67.8 cm³/mol. The molecule has 1 fully saturated rings. The van der Waals surface area contributed by atoms with E-state index in [0.29, 0.717) is 11.9 Å². The molecule has 0 spiro atoms. The van der Waals surface area contributed by atoms with Crippen LogP contribution in [0.15, 0.2) is 12.1 Å². The van der Waals surface area contributed by atoms with E-state index in [1.54, 1.807) is 6.07 Å². The fraction of sp³-hybridized carbons (Fsp3) is 0.667. The van der Waals surface area contributed by atoms with E-state index in [2.05, 4.69) is 15.5 Å². The van der Waals surface area contributed by atoms with Gasteiger partial charge in [-0.05, 0) is 25.0 Å². The van der Waals surface area contributed by atoms with Gasteiger partial charge in [-0.3, -0.25) is 0 Å². The molecule has 5 heteroatoms. The second-order valence-corrected chi connectivity index (χ2v) is 4.40. The number of rotatable bonds is 5. The Morgan fingerprint density at radius 1 is 1.24 bits per heavy atom. The van der Waals surface area contributed by atoms with E-state index in [4.69, 9.17) is 10.5 Å². The first kappa shape index (κ1) is 12.1. The van der Waals surface area contributed by atoms with Crippen LogP contribution in [-0.4, -0.2) is 29.5 Å². The minimum absolute atomic E-state index is 0.439. The van der Waals surface area contributed by atoms with Gasteiger partial charge in [-0.15, -0.1) is 10.2 Å². The van der Waals surface area contributed by atoms with Crippen molar-refractivity contribution in [2.75, 3.05) is 24.2 Å². The summed E-state index contributed by atoms with van der Waals surface area (Å²) in [5.41, 5.74) is 5.45. The Morgan fingerprint density at radius 3 is 2.76 bits per heavy atom. The molecule has 0 unspecified atom stereocenters. The summed E-state index contributed by atoms with van der Waals surface area (Å²) in [6.07, 6.45) is 6.86. The minimum Gasteiger partial charge on any atom is -0.382 e. The number of nitrogen functional groups attached to an aromatic ring is 1. The van der Waals surface area contributed by atoms with Crippen molar-refractivity contribution < 1.29 is 4.74 Å². The number of anilines is 2. The predicted octanol–water partition coefficient (Wildman–Crippen LogP) is 1.82. The van der Waals surface area contributed by atoms with Crippen LogP contribution in [0.5, 0.6) is 0 Å². The summed E-state index contributed by atoms with van der Waals surface area (Å²) >= 11 is 0. The van der Waals surface area contributed by atoms with Crippen LogP contribution in [0, 0.1) is 0 Å². The molecule has 0 aliphatic heterocycles. The SMILES string of the molecule is Nc1ccc(NCCOC2CCCCC2)nn1. The molecule has 1 heterocycles. The van der Waals surface area contributed by atoms with E-state index in [0.717, 1.165) is 19.0 Å². The molecular formula is C12H20N4O. The quantitative estimate of drug-likeness (QED) is 0.763. The first-order chi connectivity index (χ1) is 8.34. The molecule has 0 radical (unpaired) electrons. The lowest BCUT2D eigenvalue weighted by Gasteiger charge is -2.22. The van der Waals surface area contributed by atoms with E-state index in [-0.39, 0.29) is 0 Å². The van der Waals surface area contributed by atoms with Crippen molar-refractivity contribution in [1.29, 1.82) is 0 Å². The molecule has 94 valence electrons. The Hall–Kier alpha value is -1.36. The Bertz CT molecular complexity index is 322. The Kier molecular flexibility index (Phi) is 4.55. The third-order valence-corrected chi connectivity index (χ3v) is 3.00. The van der Waals surface area contributed by atoms with Crippen LogP contribution in [0.3, 0.4) is 0 Å². The minimum atomic E-state index is 0.439. The molecule has 0 amide bonds. The fourth-order valence-corrected chi connectivity index (χ4v) is 2.07. The molecule has 3 N–H and O–H groups in total. The van der Waals surface area contributed by atoms with Crippen molar-refractivity contribution in [2.45, 2.75) is 38.2 Å². The second kappa shape index (κ2) is 6.39. The molecule has 0 saturated heterocycles. The summed E-state index contributed by atoms with van der Waals surface area (Å²) in [4.78, 5) is 0. The number of nitrogens with one attached hydrogen (secondary N) is 1. The zero-order chi connectivity index (χ0) is 11.9. The fourth-order valence-electron chi connectivity index (χ4n) is 2.07. The highest BCUT2D eigenvalue weighted by Gasteiger charge is 2.12. The van der Waals surface area contributed by atoms with Gasteiger partial charge in [0.25, 0.3) is 0 Å². The third kappa shape index (κ3) is 4.19. The summed E-state index contributed by atoms with van der Waals surface area (Å²) in [6.45, 7) is 1.48. The number of nitrogens with zero attached hydrogens (tertiary/aromatic N) is 2. The Morgan fingerprint density at radius 2 is 2.06 bits per heavy atom. The lowest BCUT2D eigenvalue weighted by Crippen LogP contribution is -2.20. The highest BCUT2D eigenvalue weighted by atomic mass is 16.5. The van der Waals surface area contributed by atoms with Crippen molar-refractivity contribution in [3.8, 4) is 0 Å². The molecule has 1 aliphatic rings. The lowest BCUT2D eigenvalue weighted by molar-refractivity contribution is 0.0347. The van der Waals surface area contributed by atoms with Gasteiger partial charge in [-0.1, -0.05) is 19.3 Å². The number of ether oxygens (including phenoxy) is 1. The van der Waals surface area contributed by atoms with Crippen LogP contribution in [0.1, 0.15) is 32.1 Å². The van der Waals surface area contributed by atoms with Crippen LogP contribution >= 0.6 is 0 Å². The molecule has 1 aliphatic carbocycles. The van der Waals surface area contributed by atoms with Gasteiger partial charge in [-0.25, -0.2) is 0 Å². The standard InChI is InChI=1S/C12H20N4O/c13-11-6-7-12(16-15-11)14-8-9-17-10-4-2-1-3-5-10/h6-7,10H,1-5,8-9H2,(H2,13,15)(H,14,16). The summed E-state index contributed by atoms with van der Waals surface area (Å²) in [6, 6.07) is 3.56. The van der Waals surface area contributed by atoms with E-state index >= 15 is 0 Å². The zero-order valence-electron chi connectivity index (χ0n) is 10.1. The molecule has 0 bridgehead atoms. The summed E-state index contributed by atoms with van der Waals surface area (Å²) in [5.74, 6) is 1.18. The van der Waals surface area contributed by atoms with Gasteiger partial charge in [0.05, 0.1) is 12.7 Å². The topological polar surface area (TPSA) is 73.1 Å². The van der Waals surface area contributed by atoms with Gasteiger partial charge in [0, 0.05) is 6.54 Å². The van der Waals surface area contributed by atoms with Gasteiger partial charge in [0.1, 0.15) is 11.6 Å². The molecule has 17 heavy (non-hydrogen) atoms. The molecule has 5 nitrogen and oxygen atoms in total.